The molecular formula is C17H22N4. The molecule has 1 atom stereocenters. The van der Waals surface area contributed by atoms with Gasteiger partial charge in [0, 0.05) is 34.4 Å². The van der Waals surface area contributed by atoms with Crippen molar-refractivity contribution in [2.75, 3.05) is 0 Å². The Morgan fingerprint density at radius 3 is 2.71 bits per heavy atom. The van der Waals surface area contributed by atoms with Crippen molar-refractivity contribution >= 4 is 10.9 Å². The molecule has 0 fully saturated rings. The van der Waals surface area contributed by atoms with Gasteiger partial charge in [0.05, 0.1) is 6.04 Å². The first-order valence-electron chi connectivity index (χ1n) is 7.31. The van der Waals surface area contributed by atoms with Crippen LogP contribution in [0.1, 0.15) is 43.9 Å². The Morgan fingerprint density at radius 2 is 2.00 bits per heavy atom. The van der Waals surface area contributed by atoms with Crippen LogP contribution < -0.4 is 5.73 Å². The minimum atomic E-state index is -0.125. The fourth-order valence-corrected chi connectivity index (χ4v) is 2.54. The molecule has 2 aromatic heterocycles. The smallest absolute Gasteiger partial charge is 0.123 e. The molecule has 3 rings (SSSR count). The Kier molecular flexibility index (Phi) is 3.33. The second-order valence-electron chi connectivity index (χ2n) is 6.60. The van der Waals surface area contributed by atoms with Crippen molar-refractivity contribution in [3.63, 3.8) is 0 Å². The number of para-hydroxylation sites is 1. The number of nitrogens with zero attached hydrogens (tertiary/aromatic N) is 1. The third-order valence-corrected chi connectivity index (χ3v) is 3.87. The van der Waals surface area contributed by atoms with Crippen molar-refractivity contribution in [1.82, 2.24) is 15.0 Å². The number of rotatable bonds is 3. The van der Waals surface area contributed by atoms with E-state index >= 15 is 0 Å². The first kappa shape index (κ1) is 13.9. The van der Waals surface area contributed by atoms with Crippen LogP contribution in [-0.4, -0.2) is 15.0 Å². The molecule has 0 amide bonds. The molecule has 4 heteroatoms. The monoisotopic (exact) mass is 282 g/mol. The lowest BCUT2D eigenvalue weighted by atomic mass is 9.93. The number of hydrogen-bond acceptors (Lipinski definition) is 2. The minimum Gasteiger partial charge on any atom is -0.361 e. The quantitative estimate of drug-likeness (QED) is 0.688. The molecule has 0 spiro atoms. The Balaban J connectivity index is 1.83. The van der Waals surface area contributed by atoms with Gasteiger partial charge in [-0.2, -0.15) is 0 Å². The maximum absolute atomic E-state index is 6.33. The maximum atomic E-state index is 6.33. The van der Waals surface area contributed by atoms with Gasteiger partial charge in [-0.3, -0.25) is 0 Å². The lowest BCUT2D eigenvalue weighted by Crippen LogP contribution is -2.16. The summed E-state index contributed by atoms with van der Waals surface area (Å²) in [6.07, 6.45) is 4.70. The van der Waals surface area contributed by atoms with E-state index in [-0.39, 0.29) is 11.5 Å². The molecule has 1 aromatic carbocycles. The van der Waals surface area contributed by atoms with Gasteiger partial charge < -0.3 is 15.7 Å². The molecule has 110 valence electrons. The van der Waals surface area contributed by atoms with Crippen LogP contribution in [0.4, 0.5) is 0 Å². The number of aromatic amines is 2. The van der Waals surface area contributed by atoms with Gasteiger partial charge in [0.25, 0.3) is 0 Å². The van der Waals surface area contributed by atoms with Gasteiger partial charge in [-0.05, 0) is 18.1 Å². The van der Waals surface area contributed by atoms with Crippen LogP contribution in [0.2, 0.25) is 0 Å². The molecule has 1 unspecified atom stereocenters. The van der Waals surface area contributed by atoms with E-state index in [1.54, 1.807) is 0 Å². The van der Waals surface area contributed by atoms with Gasteiger partial charge in [-0.15, -0.1) is 0 Å². The van der Waals surface area contributed by atoms with Crippen LogP contribution in [0.5, 0.6) is 0 Å². The average molecular weight is 282 g/mol. The summed E-state index contributed by atoms with van der Waals surface area (Å²) in [6.45, 7) is 6.49. The molecule has 0 radical (unpaired) electrons. The van der Waals surface area contributed by atoms with Crippen molar-refractivity contribution < 1.29 is 0 Å². The van der Waals surface area contributed by atoms with E-state index in [4.69, 9.17) is 5.73 Å². The highest BCUT2D eigenvalue weighted by atomic mass is 15.0. The van der Waals surface area contributed by atoms with E-state index in [0.717, 1.165) is 23.5 Å². The SMILES string of the molecule is CC(C)(C)c1cnc(C(N)Cc2c[nH]c3ccccc23)[nH]1. The van der Waals surface area contributed by atoms with E-state index in [9.17, 15) is 0 Å². The topological polar surface area (TPSA) is 70.5 Å². The van der Waals surface area contributed by atoms with Gasteiger partial charge in [0.2, 0.25) is 0 Å². The predicted octanol–water partition coefficient (Wildman–Crippen LogP) is 3.43. The van der Waals surface area contributed by atoms with Crippen LogP contribution in [-0.2, 0) is 11.8 Å². The van der Waals surface area contributed by atoms with Crippen LogP contribution in [0.15, 0.2) is 36.7 Å². The number of benzene rings is 1. The Morgan fingerprint density at radius 1 is 1.24 bits per heavy atom. The molecule has 0 aliphatic carbocycles. The van der Waals surface area contributed by atoms with Gasteiger partial charge in [0.15, 0.2) is 0 Å². The summed E-state index contributed by atoms with van der Waals surface area (Å²) < 4.78 is 0. The Labute approximate surface area is 124 Å². The second kappa shape index (κ2) is 5.04. The minimum absolute atomic E-state index is 0.0613. The maximum Gasteiger partial charge on any atom is 0.123 e. The molecular weight excluding hydrogens is 260 g/mol. The third-order valence-electron chi connectivity index (χ3n) is 3.87. The molecule has 0 aliphatic heterocycles. The number of hydrogen-bond donors (Lipinski definition) is 3. The summed E-state index contributed by atoms with van der Waals surface area (Å²) in [4.78, 5) is 11.1. The first-order chi connectivity index (χ1) is 9.95. The molecule has 0 saturated heterocycles. The van der Waals surface area contributed by atoms with Crippen molar-refractivity contribution in [1.29, 1.82) is 0 Å². The molecule has 4 nitrogen and oxygen atoms in total. The number of H-pyrrole nitrogens is 2. The zero-order valence-corrected chi connectivity index (χ0v) is 12.8. The number of fused-ring (bicyclic) bond motifs is 1. The summed E-state index contributed by atoms with van der Waals surface area (Å²) in [5, 5.41) is 1.23. The molecule has 4 N–H and O–H groups in total. The van der Waals surface area contributed by atoms with E-state index in [1.165, 1.54) is 10.9 Å². The highest BCUT2D eigenvalue weighted by Gasteiger charge is 2.19. The first-order valence-corrected chi connectivity index (χ1v) is 7.31. The molecule has 0 bridgehead atoms. The number of nitrogens with one attached hydrogen (secondary N) is 2. The molecule has 3 aromatic rings. The van der Waals surface area contributed by atoms with Crippen molar-refractivity contribution in [3.8, 4) is 0 Å². The van der Waals surface area contributed by atoms with Crippen molar-refractivity contribution in [2.24, 2.45) is 5.73 Å². The van der Waals surface area contributed by atoms with Crippen LogP contribution in [0.25, 0.3) is 10.9 Å². The lowest BCUT2D eigenvalue weighted by molar-refractivity contribution is 0.567. The summed E-state index contributed by atoms with van der Waals surface area (Å²) in [5.41, 5.74) is 9.88. The average Bonchev–Trinajstić information content (AvgIpc) is 3.05. The van der Waals surface area contributed by atoms with E-state index in [1.807, 2.05) is 18.5 Å². The van der Waals surface area contributed by atoms with E-state index in [0.29, 0.717) is 0 Å². The van der Waals surface area contributed by atoms with E-state index < -0.39 is 0 Å². The zero-order valence-electron chi connectivity index (χ0n) is 12.8. The largest absolute Gasteiger partial charge is 0.361 e. The number of aromatic nitrogens is 3. The third kappa shape index (κ3) is 2.72. The fraction of sp³-hybridized carbons (Fsp3) is 0.353. The van der Waals surface area contributed by atoms with Gasteiger partial charge in [-0.25, -0.2) is 4.98 Å². The van der Waals surface area contributed by atoms with E-state index in [2.05, 4.69) is 53.9 Å². The summed E-state index contributed by atoms with van der Waals surface area (Å²) in [7, 11) is 0. The highest BCUT2D eigenvalue weighted by Crippen LogP contribution is 2.24. The summed E-state index contributed by atoms with van der Waals surface area (Å²) in [6, 6.07) is 8.16. The molecule has 21 heavy (non-hydrogen) atoms. The van der Waals surface area contributed by atoms with Gasteiger partial charge >= 0.3 is 0 Å². The normalized spacial score (nSPS) is 13.7. The molecule has 2 heterocycles. The standard InChI is InChI=1S/C17H22N4/c1-17(2,3)15-10-20-16(21-15)13(18)8-11-9-19-14-7-5-4-6-12(11)14/h4-7,9-10,13,19H,8,18H2,1-3H3,(H,20,21). The van der Waals surface area contributed by atoms with Crippen LogP contribution in [0.3, 0.4) is 0 Å². The van der Waals surface area contributed by atoms with Gasteiger partial charge in [0.1, 0.15) is 5.82 Å². The van der Waals surface area contributed by atoms with Crippen LogP contribution >= 0.6 is 0 Å². The zero-order chi connectivity index (χ0) is 15.0. The molecule has 0 aliphatic rings. The van der Waals surface area contributed by atoms with Gasteiger partial charge in [-0.1, -0.05) is 39.0 Å². The second-order valence-corrected chi connectivity index (χ2v) is 6.60. The highest BCUT2D eigenvalue weighted by molar-refractivity contribution is 5.83. The van der Waals surface area contributed by atoms with Crippen molar-refractivity contribution in [2.45, 2.75) is 38.6 Å². The Bertz CT molecular complexity index is 745. The predicted molar refractivity (Wildman–Crippen MR) is 86.2 cm³/mol. The lowest BCUT2D eigenvalue weighted by Gasteiger charge is -2.15. The number of imidazole rings is 1. The summed E-state index contributed by atoms with van der Waals surface area (Å²) >= 11 is 0. The number of nitrogens with two attached hydrogens (primary N) is 1. The fourth-order valence-electron chi connectivity index (χ4n) is 2.54. The Hall–Kier alpha value is -2.07. The van der Waals surface area contributed by atoms with Crippen molar-refractivity contribution in [3.05, 3.63) is 53.7 Å². The molecule has 0 saturated carbocycles. The summed E-state index contributed by atoms with van der Waals surface area (Å²) in [5.74, 6) is 0.852. The van der Waals surface area contributed by atoms with Crippen LogP contribution in [0, 0.1) is 0 Å².